The van der Waals surface area contributed by atoms with Gasteiger partial charge in [-0.2, -0.15) is 4.52 Å². The smallest absolute Gasteiger partial charge is 0.266 e. The summed E-state index contributed by atoms with van der Waals surface area (Å²) >= 11 is 1.27. The maximum absolute atomic E-state index is 12.8. The first-order valence-electron chi connectivity index (χ1n) is 5.27. The van der Waals surface area contributed by atoms with Gasteiger partial charge in [-0.15, -0.1) is 5.10 Å². The van der Waals surface area contributed by atoms with Gasteiger partial charge in [-0.3, -0.25) is 4.79 Å². The van der Waals surface area contributed by atoms with E-state index in [1.165, 1.54) is 28.0 Å². The molecular weight excluding hydrogens is 253 g/mol. The predicted molar refractivity (Wildman–Crippen MR) is 67.1 cm³/mol. The van der Waals surface area contributed by atoms with Crippen molar-refractivity contribution in [3.63, 3.8) is 0 Å². The zero-order chi connectivity index (χ0) is 12.7. The first kappa shape index (κ1) is 11.0. The van der Waals surface area contributed by atoms with Crippen molar-refractivity contribution in [3.8, 4) is 0 Å². The van der Waals surface area contributed by atoms with Gasteiger partial charge < -0.3 is 0 Å². The summed E-state index contributed by atoms with van der Waals surface area (Å²) in [4.78, 5) is 16.7. The summed E-state index contributed by atoms with van der Waals surface area (Å²) in [5.41, 5.74) is 0.578. The summed E-state index contributed by atoms with van der Waals surface area (Å²) in [6, 6.07) is 5.96. The molecular formula is C12H8FN3OS. The molecule has 6 heteroatoms. The minimum absolute atomic E-state index is 0.195. The lowest BCUT2D eigenvalue weighted by molar-refractivity contribution is 0.628. The molecule has 0 amide bonds. The van der Waals surface area contributed by atoms with Crippen molar-refractivity contribution in [1.82, 2.24) is 14.6 Å². The van der Waals surface area contributed by atoms with Crippen molar-refractivity contribution < 1.29 is 4.39 Å². The highest BCUT2D eigenvalue weighted by molar-refractivity contribution is 7.15. The highest BCUT2D eigenvalue weighted by Gasteiger charge is 2.07. The molecule has 0 aliphatic rings. The van der Waals surface area contributed by atoms with Crippen molar-refractivity contribution in [2.45, 2.75) is 6.92 Å². The molecule has 0 atom stereocenters. The number of hydrogen-bond acceptors (Lipinski definition) is 4. The van der Waals surface area contributed by atoms with Gasteiger partial charge in [0.05, 0.1) is 4.53 Å². The fourth-order valence-electron chi connectivity index (χ4n) is 1.64. The van der Waals surface area contributed by atoms with E-state index >= 15 is 0 Å². The van der Waals surface area contributed by atoms with Gasteiger partial charge in [0.25, 0.3) is 5.56 Å². The minimum atomic E-state index is -0.298. The minimum Gasteiger partial charge on any atom is -0.266 e. The lowest BCUT2D eigenvalue weighted by Crippen LogP contribution is -2.23. The quantitative estimate of drug-likeness (QED) is 0.660. The summed E-state index contributed by atoms with van der Waals surface area (Å²) in [6.07, 6.45) is 1.71. The van der Waals surface area contributed by atoms with E-state index in [0.717, 1.165) is 5.56 Å². The maximum atomic E-state index is 12.8. The van der Waals surface area contributed by atoms with E-state index in [1.54, 1.807) is 25.1 Å². The summed E-state index contributed by atoms with van der Waals surface area (Å²) < 4.78 is 14.6. The first-order valence-corrected chi connectivity index (χ1v) is 6.08. The van der Waals surface area contributed by atoms with Crippen LogP contribution in [-0.4, -0.2) is 14.6 Å². The van der Waals surface area contributed by atoms with Gasteiger partial charge in [0.15, 0.2) is 0 Å². The standard InChI is InChI=1S/C12H8FN3OS/c1-7-14-12-16(15-7)11(17)10(18-12)6-8-2-4-9(13)5-3-8/h2-6H,1H3/b10-6-. The third kappa shape index (κ3) is 1.80. The number of aromatic nitrogens is 3. The Morgan fingerprint density at radius 2 is 2.06 bits per heavy atom. The molecule has 2 heterocycles. The van der Waals surface area contributed by atoms with E-state index in [2.05, 4.69) is 10.1 Å². The van der Waals surface area contributed by atoms with E-state index in [1.807, 2.05) is 0 Å². The Bertz CT molecular complexity index is 819. The zero-order valence-electron chi connectivity index (χ0n) is 9.42. The number of thiazole rings is 1. The Morgan fingerprint density at radius 1 is 1.33 bits per heavy atom. The molecule has 0 saturated carbocycles. The Kier molecular flexibility index (Phi) is 2.45. The number of halogens is 1. The monoisotopic (exact) mass is 261 g/mol. The van der Waals surface area contributed by atoms with E-state index < -0.39 is 0 Å². The molecule has 18 heavy (non-hydrogen) atoms. The van der Waals surface area contributed by atoms with Crippen LogP contribution in [-0.2, 0) is 0 Å². The molecule has 1 aromatic carbocycles. The number of fused-ring (bicyclic) bond motifs is 1. The van der Waals surface area contributed by atoms with Crippen LogP contribution in [0.5, 0.6) is 0 Å². The van der Waals surface area contributed by atoms with E-state index in [0.29, 0.717) is 15.3 Å². The molecule has 0 aliphatic carbocycles. The normalized spacial score (nSPS) is 12.4. The number of benzene rings is 1. The number of aryl methyl sites for hydroxylation is 1. The SMILES string of the molecule is Cc1nc2s/c(=C\c3ccc(F)cc3)c(=O)n2n1. The Hall–Kier alpha value is -2.08. The average molecular weight is 261 g/mol. The van der Waals surface area contributed by atoms with Crippen LogP contribution >= 0.6 is 11.3 Å². The molecule has 3 aromatic rings. The topological polar surface area (TPSA) is 47.3 Å². The van der Waals surface area contributed by atoms with Gasteiger partial charge in [0.1, 0.15) is 11.6 Å². The number of hydrogen-bond donors (Lipinski definition) is 0. The van der Waals surface area contributed by atoms with Crippen LogP contribution in [0.2, 0.25) is 0 Å². The Balaban J connectivity index is 2.19. The molecule has 0 fully saturated rings. The highest BCUT2D eigenvalue weighted by atomic mass is 32.1. The molecule has 0 saturated heterocycles. The average Bonchev–Trinajstić information content (AvgIpc) is 2.82. The Morgan fingerprint density at radius 3 is 2.72 bits per heavy atom. The van der Waals surface area contributed by atoms with Gasteiger partial charge in [0, 0.05) is 0 Å². The van der Waals surface area contributed by atoms with Crippen LogP contribution in [0.4, 0.5) is 4.39 Å². The van der Waals surface area contributed by atoms with Crippen molar-refractivity contribution in [2.75, 3.05) is 0 Å². The van der Waals surface area contributed by atoms with Crippen LogP contribution in [0.25, 0.3) is 11.0 Å². The molecule has 0 spiro atoms. The number of nitrogens with zero attached hydrogens (tertiary/aromatic N) is 3. The third-order valence-corrected chi connectivity index (χ3v) is 3.41. The Labute approximate surface area is 105 Å². The fraction of sp³-hybridized carbons (Fsp3) is 0.0833. The van der Waals surface area contributed by atoms with Crippen molar-refractivity contribution in [1.29, 1.82) is 0 Å². The fourth-order valence-corrected chi connectivity index (χ4v) is 2.60. The lowest BCUT2D eigenvalue weighted by atomic mass is 10.2. The van der Waals surface area contributed by atoms with Crippen LogP contribution in [0, 0.1) is 12.7 Å². The molecule has 0 unspecified atom stereocenters. The van der Waals surface area contributed by atoms with Gasteiger partial charge in [-0.1, -0.05) is 23.5 Å². The van der Waals surface area contributed by atoms with Crippen LogP contribution < -0.4 is 10.1 Å². The van der Waals surface area contributed by atoms with E-state index in [9.17, 15) is 9.18 Å². The van der Waals surface area contributed by atoms with E-state index in [4.69, 9.17) is 0 Å². The second-order valence-electron chi connectivity index (χ2n) is 3.82. The van der Waals surface area contributed by atoms with Gasteiger partial charge in [0.2, 0.25) is 4.96 Å². The van der Waals surface area contributed by atoms with Gasteiger partial charge >= 0.3 is 0 Å². The van der Waals surface area contributed by atoms with Gasteiger partial charge in [-0.05, 0) is 30.7 Å². The molecule has 0 aliphatic heterocycles. The molecule has 0 radical (unpaired) electrons. The molecule has 4 nitrogen and oxygen atoms in total. The third-order valence-electron chi connectivity index (χ3n) is 2.46. The second-order valence-corrected chi connectivity index (χ2v) is 4.83. The predicted octanol–water partition coefficient (Wildman–Crippen LogP) is 1.15. The molecule has 0 N–H and O–H groups in total. The second kappa shape index (κ2) is 3.99. The van der Waals surface area contributed by atoms with Crippen molar-refractivity contribution in [3.05, 3.63) is 56.4 Å². The maximum Gasteiger partial charge on any atom is 0.291 e. The highest BCUT2D eigenvalue weighted by Crippen LogP contribution is 2.05. The summed E-state index contributed by atoms with van der Waals surface area (Å²) in [5.74, 6) is 0.277. The number of rotatable bonds is 1. The summed E-state index contributed by atoms with van der Waals surface area (Å²) in [7, 11) is 0. The van der Waals surface area contributed by atoms with Crippen LogP contribution in [0.1, 0.15) is 11.4 Å². The van der Waals surface area contributed by atoms with Crippen LogP contribution in [0.15, 0.2) is 29.1 Å². The van der Waals surface area contributed by atoms with Crippen LogP contribution in [0.3, 0.4) is 0 Å². The molecule has 3 rings (SSSR count). The van der Waals surface area contributed by atoms with Crippen molar-refractivity contribution >= 4 is 22.4 Å². The van der Waals surface area contributed by atoms with Gasteiger partial charge in [-0.25, -0.2) is 9.37 Å². The van der Waals surface area contributed by atoms with Crippen molar-refractivity contribution in [2.24, 2.45) is 0 Å². The van der Waals surface area contributed by atoms with E-state index in [-0.39, 0.29) is 11.4 Å². The summed E-state index contributed by atoms with van der Waals surface area (Å²) in [6.45, 7) is 1.74. The lowest BCUT2D eigenvalue weighted by Gasteiger charge is -1.90. The summed E-state index contributed by atoms with van der Waals surface area (Å²) in [5, 5.41) is 4.01. The molecule has 0 bridgehead atoms. The molecule has 2 aromatic heterocycles. The largest absolute Gasteiger partial charge is 0.291 e. The zero-order valence-corrected chi connectivity index (χ0v) is 10.2. The first-order chi connectivity index (χ1) is 8.63. The molecule has 90 valence electrons.